The fraction of sp³-hybridized carbons (Fsp3) is 0.857. The SMILES string of the molecule is C=C(CC[C@@H](C)[C@H]1CC[C@H]2C3=CC[C@H]4C[C@@H](O)CC[C@]4(C)[C@@H]3CC[C@]12C)C(C)C. The number of allylic oxidation sites excluding steroid dienone is 3. The molecule has 3 saturated carbocycles. The van der Waals surface area contributed by atoms with Crippen molar-refractivity contribution in [3.8, 4) is 0 Å². The molecule has 0 aromatic carbocycles. The van der Waals surface area contributed by atoms with Crippen LogP contribution in [0.2, 0.25) is 0 Å². The molecule has 29 heavy (non-hydrogen) atoms. The third-order valence-electron chi connectivity index (χ3n) is 10.5. The molecular formula is C28H46O. The molecule has 0 radical (unpaired) electrons. The second-order valence-corrected chi connectivity index (χ2v) is 12.2. The number of rotatable bonds is 5. The van der Waals surface area contributed by atoms with Crippen LogP contribution in [0.4, 0.5) is 0 Å². The van der Waals surface area contributed by atoms with Gasteiger partial charge < -0.3 is 5.11 Å². The average molecular weight is 399 g/mol. The van der Waals surface area contributed by atoms with Crippen molar-refractivity contribution in [2.45, 2.75) is 105 Å². The monoisotopic (exact) mass is 398 g/mol. The van der Waals surface area contributed by atoms with Crippen molar-refractivity contribution in [2.75, 3.05) is 0 Å². The maximum Gasteiger partial charge on any atom is 0.0543 e. The Bertz CT molecular complexity index is 659. The largest absolute Gasteiger partial charge is 0.393 e. The van der Waals surface area contributed by atoms with Gasteiger partial charge in [-0.15, -0.1) is 0 Å². The lowest BCUT2D eigenvalue weighted by molar-refractivity contribution is -0.0427. The lowest BCUT2D eigenvalue weighted by Crippen LogP contribution is -2.49. The van der Waals surface area contributed by atoms with E-state index in [1.54, 1.807) is 0 Å². The maximum atomic E-state index is 10.2. The first-order chi connectivity index (χ1) is 13.7. The zero-order valence-electron chi connectivity index (χ0n) is 19.8. The molecule has 1 heteroatoms. The maximum absolute atomic E-state index is 10.2. The van der Waals surface area contributed by atoms with Crippen LogP contribution >= 0.6 is 0 Å². The topological polar surface area (TPSA) is 20.2 Å². The summed E-state index contributed by atoms with van der Waals surface area (Å²) >= 11 is 0. The summed E-state index contributed by atoms with van der Waals surface area (Å²) in [5.41, 5.74) is 4.26. The van der Waals surface area contributed by atoms with E-state index < -0.39 is 0 Å². The summed E-state index contributed by atoms with van der Waals surface area (Å²) in [4.78, 5) is 0. The van der Waals surface area contributed by atoms with Gasteiger partial charge in [-0.25, -0.2) is 0 Å². The van der Waals surface area contributed by atoms with Crippen molar-refractivity contribution in [1.82, 2.24) is 0 Å². The van der Waals surface area contributed by atoms with Gasteiger partial charge in [-0.1, -0.05) is 58.4 Å². The van der Waals surface area contributed by atoms with Gasteiger partial charge in [0.05, 0.1) is 6.10 Å². The van der Waals surface area contributed by atoms with Crippen LogP contribution in [-0.4, -0.2) is 11.2 Å². The van der Waals surface area contributed by atoms with Gasteiger partial charge in [0.1, 0.15) is 0 Å². The van der Waals surface area contributed by atoms with E-state index in [1.807, 2.05) is 5.57 Å². The fourth-order valence-electron chi connectivity index (χ4n) is 8.37. The van der Waals surface area contributed by atoms with Crippen molar-refractivity contribution >= 4 is 0 Å². The van der Waals surface area contributed by atoms with Gasteiger partial charge in [0.2, 0.25) is 0 Å². The Labute approximate surface area is 180 Å². The Morgan fingerprint density at radius 1 is 1.07 bits per heavy atom. The Balaban J connectivity index is 1.50. The van der Waals surface area contributed by atoms with E-state index in [2.05, 4.69) is 47.3 Å². The van der Waals surface area contributed by atoms with Crippen molar-refractivity contribution in [3.05, 3.63) is 23.8 Å². The van der Waals surface area contributed by atoms with Crippen LogP contribution in [0.25, 0.3) is 0 Å². The molecule has 0 heterocycles. The summed E-state index contributed by atoms with van der Waals surface area (Å²) in [6, 6.07) is 0. The normalized spacial score (nSPS) is 45.2. The van der Waals surface area contributed by atoms with Gasteiger partial charge in [0.25, 0.3) is 0 Å². The van der Waals surface area contributed by atoms with Crippen molar-refractivity contribution in [2.24, 2.45) is 46.3 Å². The predicted octanol–water partition coefficient (Wildman–Crippen LogP) is 7.55. The minimum atomic E-state index is -0.0471. The number of aliphatic hydroxyl groups excluding tert-OH is 1. The molecule has 0 amide bonds. The molecule has 0 aromatic heterocycles. The van der Waals surface area contributed by atoms with E-state index in [4.69, 9.17) is 0 Å². The molecule has 8 atom stereocenters. The predicted molar refractivity (Wildman–Crippen MR) is 124 cm³/mol. The lowest BCUT2D eigenvalue weighted by Gasteiger charge is -2.57. The highest BCUT2D eigenvalue weighted by atomic mass is 16.3. The van der Waals surface area contributed by atoms with E-state index in [1.165, 1.54) is 56.9 Å². The Morgan fingerprint density at radius 3 is 2.48 bits per heavy atom. The van der Waals surface area contributed by atoms with Gasteiger partial charge in [-0.2, -0.15) is 0 Å². The Morgan fingerprint density at radius 2 is 1.76 bits per heavy atom. The van der Waals surface area contributed by atoms with E-state index >= 15 is 0 Å². The first kappa shape index (κ1) is 21.7. The first-order valence-corrected chi connectivity index (χ1v) is 12.7. The molecular weight excluding hydrogens is 352 g/mol. The van der Waals surface area contributed by atoms with Crippen molar-refractivity contribution < 1.29 is 5.11 Å². The van der Waals surface area contributed by atoms with Crippen LogP contribution < -0.4 is 0 Å². The molecule has 0 saturated heterocycles. The van der Waals surface area contributed by atoms with Gasteiger partial charge >= 0.3 is 0 Å². The third kappa shape index (κ3) is 3.58. The van der Waals surface area contributed by atoms with Gasteiger partial charge in [0.15, 0.2) is 0 Å². The van der Waals surface area contributed by atoms with E-state index in [0.717, 1.165) is 36.5 Å². The second-order valence-electron chi connectivity index (χ2n) is 12.2. The molecule has 164 valence electrons. The summed E-state index contributed by atoms with van der Waals surface area (Å²) in [5, 5.41) is 10.2. The highest BCUT2D eigenvalue weighted by Gasteiger charge is 2.58. The zero-order chi connectivity index (χ0) is 21.0. The Kier molecular flexibility index (Phi) is 5.86. The van der Waals surface area contributed by atoms with Gasteiger partial charge in [-0.3, -0.25) is 0 Å². The summed E-state index contributed by atoms with van der Waals surface area (Å²) in [7, 11) is 0. The molecule has 0 bridgehead atoms. The summed E-state index contributed by atoms with van der Waals surface area (Å²) < 4.78 is 0. The molecule has 0 aromatic rings. The van der Waals surface area contributed by atoms with E-state index in [0.29, 0.717) is 22.7 Å². The van der Waals surface area contributed by atoms with Crippen molar-refractivity contribution in [1.29, 1.82) is 0 Å². The van der Waals surface area contributed by atoms with E-state index in [-0.39, 0.29) is 6.10 Å². The summed E-state index contributed by atoms with van der Waals surface area (Å²) in [6.07, 6.45) is 15.3. The molecule has 1 N–H and O–H groups in total. The van der Waals surface area contributed by atoms with Crippen molar-refractivity contribution in [3.63, 3.8) is 0 Å². The second kappa shape index (κ2) is 7.85. The number of hydrogen-bond acceptors (Lipinski definition) is 1. The Hall–Kier alpha value is -0.560. The third-order valence-corrected chi connectivity index (χ3v) is 10.5. The lowest BCUT2D eigenvalue weighted by atomic mass is 9.47. The molecule has 0 spiro atoms. The quantitative estimate of drug-likeness (QED) is 0.474. The van der Waals surface area contributed by atoms with Crippen LogP contribution in [0.1, 0.15) is 98.8 Å². The highest BCUT2D eigenvalue weighted by molar-refractivity contribution is 5.27. The van der Waals surface area contributed by atoms with E-state index in [9.17, 15) is 5.11 Å². The van der Waals surface area contributed by atoms with Crippen LogP contribution in [0.3, 0.4) is 0 Å². The van der Waals surface area contributed by atoms with Crippen LogP contribution in [0, 0.1) is 46.3 Å². The number of aliphatic hydroxyl groups is 1. The smallest absolute Gasteiger partial charge is 0.0543 e. The van der Waals surface area contributed by atoms with Crippen LogP contribution in [0.15, 0.2) is 23.8 Å². The summed E-state index contributed by atoms with van der Waals surface area (Å²) in [5.74, 6) is 4.65. The number of fused-ring (bicyclic) bond motifs is 5. The zero-order valence-corrected chi connectivity index (χ0v) is 19.8. The number of hydrogen-bond donors (Lipinski definition) is 1. The minimum Gasteiger partial charge on any atom is -0.393 e. The van der Waals surface area contributed by atoms with Crippen LogP contribution in [-0.2, 0) is 0 Å². The molecule has 0 aliphatic heterocycles. The fourth-order valence-corrected chi connectivity index (χ4v) is 8.37. The average Bonchev–Trinajstić information content (AvgIpc) is 3.03. The minimum absolute atomic E-state index is 0.0471. The highest BCUT2D eigenvalue weighted by Crippen LogP contribution is 2.66. The van der Waals surface area contributed by atoms with Gasteiger partial charge in [0, 0.05) is 0 Å². The molecule has 4 rings (SSSR count). The molecule has 3 fully saturated rings. The molecule has 0 unspecified atom stereocenters. The molecule has 4 aliphatic carbocycles. The standard InChI is InChI=1S/C28H46O/c1-18(2)19(3)7-8-20(4)24-11-12-25-23-10-9-21-17-22(29)13-15-27(21,5)26(23)14-16-28(24,25)6/h10,18,20-22,24-26,29H,3,7-9,11-17H2,1-2,4-6H3/t20-,21+,22+,24-,25+,26-,27+,28-/m1/s1. The molecule has 4 aliphatic rings. The summed E-state index contributed by atoms with van der Waals surface area (Å²) in [6.45, 7) is 16.7. The first-order valence-electron chi connectivity index (χ1n) is 12.7. The molecule has 1 nitrogen and oxygen atoms in total. The van der Waals surface area contributed by atoms with Gasteiger partial charge in [-0.05, 0) is 111 Å². The van der Waals surface area contributed by atoms with Crippen LogP contribution in [0.5, 0.6) is 0 Å².